The monoisotopic (exact) mass is 266 g/mol. The van der Waals surface area contributed by atoms with Gasteiger partial charge in [0.25, 0.3) is 0 Å². The Morgan fingerprint density at radius 1 is 1.12 bits per heavy atom. The molecular formula is C8H7BF3KN4. The molecule has 1 heterocycles. The van der Waals surface area contributed by atoms with Crippen LogP contribution in [0.25, 0.3) is 5.69 Å². The molecule has 2 aromatic rings. The van der Waals surface area contributed by atoms with Gasteiger partial charge in [-0.15, -0.1) is 0 Å². The van der Waals surface area contributed by atoms with Crippen LogP contribution in [0.2, 0.25) is 0 Å². The van der Waals surface area contributed by atoms with Crippen LogP contribution in [-0.2, 0) is 0 Å². The number of nitrogens with two attached hydrogens (primary N) is 1. The first-order chi connectivity index (χ1) is 7.47. The molecule has 2 rings (SSSR count). The van der Waals surface area contributed by atoms with Gasteiger partial charge in [-0.25, -0.2) is 4.68 Å². The zero-order chi connectivity index (χ0) is 11.8. The summed E-state index contributed by atoms with van der Waals surface area (Å²) < 4.78 is 38.0. The molecule has 0 fully saturated rings. The van der Waals surface area contributed by atoms with Crippen molar-refractivity contribution in [3.05, 3.63) is 30.5 Å². The molecule has 0 atom stereocenters. The maximum Gasteiger partial charge on any atom is 1.00 e. The van der Waals surface area contributed by atoms with Gasteiger partial charge in [0.05, 0.1) is 5.69 Å². The van der Waals surface area contributed by atoms with Crippen LogP contribution in [0.1, 0.15) is 0 Å². The van der Waals surface area contributed by atoms with E-state index in [1.807, 2.05) is 0 Å². The fraction of sp³-hybridized carbons (Fsp3) is 0. The summed E-state index contributed by atoms with van der Waals surface area (Å²) in [4.78, 5) is 0. The molecule has 2 N–H and O–H groups in total. The van der Waals surface area contributed by atoms with Crippen molar-refractivity contribution >= 4 is 18.3 Å². The van der Waals surface area contributed by atoms with E-state index in [4.69, 9.17) is 5.73 Å². The smallest absolute Gasteiger partial charge is 0.444 e. The number of benzene rings is 1. The molecule has 0 aliphatic rings. The Morgan fingerprint density at radius 2 is 1.71 bits per heavy atom. The number of aromatic nitrogens is 3. The summed E-state index contributed by atoms with van der Waals surface area (Å²) in [6, 6.07) is 6.29. The first kappa shape index (κ1) is 14.7. The van der Waals surface area contributed by atoms with E-state index in [0.29, 0.717) is 11.4 Å². The quantitative estimate of drug-likeness (QED) is 0.501. The van der Waals surface area contributed by atoms with Gasteiger partial charge in [-0.05, 0) is 24.3 Å². The fourth-order valence-electron chi connectivity index (χ4n) is 1.18. The van der Waals surface area contributed by atoms with E-state index in [-0.39, 0.29) is 51.4 Å². The molecule has 0 aliphatic carbocycles. The molecule has 0 bridgehead atoms. The molecule has 1 aromatic heterocycles. The largest absolute Gasteiger partial charge is 1.00 e. The van der Waals surface area contributed by atoms with Gasteiger partial charge in [-0.3, -0.25) is 0 Å². The summed E-state index contributed by atoms with van der Waals surface area (Å²) in [5.74, 6) is 0. The van der Waals surface area contributed by atoms with Gasteiger partial charge in [-0.2, -0.15) is 5.10 Å². The zero-order valence-electron chi connectivity index (χ0n) is 9.02. The number of hydrogen-bond donors (Lipinski definition) is 1. The average molecular weight is 266 g/mol. The van der Waals surface area contributed by atoms with Crippen molar-refractivity contribution < 1.29 is 64.3 Å². The van der Waals surface area contributed by atoms with Crippen molar-refractivity contribution in [2.75, 3.05) is 5.73 Å². The molecule has 0 amide bonds. The summed E-state index contributed by atoms with van der Waals surface area (Å²) >= 11 is 0. The van der Waals surface area contributed by atoms with E-state index in [0.717, 1.165) is 10.9 Å². The third-order valence-electron chi connectivity index (χ3n) is 2.00. The SMILES string of the molecule is Nc1ccc(-n2cc([B-](F)(F)F)nn2)cc1.[K+]. The average Bonchev–Trinajstić information content (AvgIpc) is 2.67. The predicted molar refractivity (Wildman–Crippen MR) is 54.5 cm³/mol. The number of nitrogens with zero attached hydrogens (tertiary/aromatic N) is 3. The molecular weight excluding hydrogens is 259 g/mol. The normalized spacial score (nSPS) is 11.0. The van der Waals surface area contributed by atoms with Crippen LogP contribution in [0, 0.1) is 0 Å². The van der Waals surface area contributed by atoms with Crippen molar-refractivity contribution in [1.82, 2.24) is 15.0 Å². The van der Waals surface area contributed by atoms with Crippen LogP contribution in [-0.4, -0.2) is 22.0 Å². The van der Waals surface area contributed by atoms with Gasteiger partial charge in [0.15, 0.2) is 0 Å². The topological polar surface area (TPSA) is 56.7 Å². The Hall–Kier alpha value is -0.349. The van der Waals surface area contributed by atoms with Crippen molar-refractivity contribution in [2.24, 2.45) is 0 Å². The fourth-order valence-corrected chi connectivity index (χ4v) is 1.18. The summed E-state index contributed by atoms with van der Waals surface area (Å²) in [5, 5.41) is 6.47. The Kier molecular flexibility index (Phi) is 4.78. The van der Waals surface area contributed by atoms with Gasteiger partial charge in [0.1, 0.15) is 0 Å². The number of hydrogen-bond acceptors (Lipinski definition) is 3. The third kappa shape index (κ3) is 3.55. The molecule has 9 heteroatoms. The van der Waals surface area contributed by atoms with Crippen molar-refractivity contribution in [2.45, 2.75) is 0 Å². The molecule has 0 radical (unpaired) electrons. The molecule has 84 valence electrons. The summed E-state index contributed by atoms with van der Waals surface area (Å²) in [6.07, 6.45) is 0.853. The minimum atomic E-state index is -5.11. The minimum absolute atomic E-state index is 0. The second-order valence-electron chi connectivity index (χ2n) is 3.25. The van der Waals surface area contributed by atoms with Crippen molar-refractivity contribution in [3.8, 4) is 5.69 Å². The van der Waals surface area contributed by atoms with Crippen LogP contribution in [0.5, 0.6) is 0 Å². The van der Waals surface area contributed by atoms with Crippen molar-refractivity contribution in [1.29, 1.82) is 0 Å². The molecule has 4 nitrogen and oxygen atoms in total. The zero-order valence-corrected chi connectivity index (χ0v) is 12.1. The maximum absolute atomic E-state index is 12.3. The molecule has 0 spiro atoms. The molecule has 17 heavy (non-hydrogen) atoms. The van der Waals surface area contributed by atoms with Gasteiger partial charge < -0.3 is 18.7 Å². The van der Waals surface area contributed by atoms with E-state index in [9.17, 15) is 12.9 Å². The van der Waals surface area contributed by atoms with E-state index in [2.05, 4.69) is 10.3 Å². The molecule has 0 saturated carbocycles. The first-order valence-corrected chi connectivity index (χ1v) is 4.45. The van der Waals surface area contributed by atoms with Crippen LogP contribution in [0.4, 0.5) is 18.6 Å². The van der Waals surface area contributed by atoms with Crippen LogP contribution >= 0.6 is 0 Å². The number of anilines is 1. The Morgan fingerprint density at radius 3 is 2.18 bits per heavy atom. The molecule has 0 unspecified atom stereocenters. The predicted octanol–water partition coefficient (Wildman–Crippen LogP) is -2.09. The summed E-state index contributed by atoms with van der Waals surface area (Å²) in [7, 11) is 0. The Balaban J connectivity index is 0.00000144. The number of rotatable bonds is 2. The Bertz CT molecular complexity index is 496. The number of nitrogen functional groups attached to an aromatic ring is 1. The second-order valence-corrected chi connectivity index (χ2v) is 3.25. The van der Waals surface area contributed by atoms with E-state index in [1.54, 1.807) is 24.3 Å². The number of halogens is 3. The molecule has 0 saturated heterocycles. The van der Waals surface area contributed by atoms with Gasteiger partial charge in [0, 0.05) is 17.5 Å². The van der Waals surface area contributed by atoms with E-state index >= 15 is 0 Å². The summed E-state index contributed by atoms with van der Waals surface area (Å²) in [5.41, 5.74) is 5.51. The summed E-state index contributed by atoms with van der Waals surface area (Å²) in [6.45, 7) is -5.11. The van der Waals surface area contributed by atoms with E-state index in [1.165, 1.54) is 0 Å². The second kappa shape index (κ2) is 5.53. The van der Waals surface area contributed by atoms with Crippen LogP contribution in [0.3, 0.4) is 0 Å². The van der Waals surface area contributed by atoms with Crippen LogP contribution < -0.4 is 62.7 Å². The van der Waals surface area contributed by atoms with Crippen molar-refractivity contribution in [3.63, 3.8) is 0 Å². The van der Waals surface area contributed by atoms with Crippen LogP contribution in [0.15, 0.2) is 30.5 Å². The molecule has 1 aromatic carbocycles. The standard InChI is InChI=1S/C8H7BF3N4.K/c10-9(11,12)8-5-16(15-14-8)7-3-1-6(13)2-4-7;/h1-5H,13H2;/q-1;+1. The molecule has 0 aliphatic heterocycles. The van der Waals surface area contributed by atoms with Gasteiger partial charge in [-0.1, -0.05) is 5.21 Å². The van der Waals surface area contributed by atoms with E-state index < -0.39 is 12.6 Å². The Labute approximate surface area is 138 Å². The van der Waals surface area contributed by atoms with Gasteiger partial charge in [0.2, 0.25) is 0 Å². The minimum Gasteiger partial charge on any atom is -0.444 e. The van der Waals surface area contributed by atoms with Gasteiger partial charge >= 0.3 is 58.4 Å². The first-order valence-electron chi connectivity index (χ1n) is 4.45. The maximum atomic E-state index is 12.3. The third-order valence-corrected chi connectivity index (χ3v) is 2.00.